The van der Waals surface area contributed by atoms with Crippen molar-refractivity contribution in [2.45, 2.75) is 6.92 Å². The minimum atomic E-state index is -0.593. The summed E-state index contributed by atoms with van der Waals surface area (Å²) in [6.07, 6.45) is 1.49. The predicted octanol–water partition coefficient (Wildman–Crippen LogP) is 5.16. The van der Waals surface area contributed by atoms with Crippen LogP contribution in [0.25, 0.3) is 16.9 Å². The van der Waals surface area contributed by atoms with Gasteiger partial charge in [-0.3, -0.25) is 4.79 Å². The SMILES string of the molecule is CCOC(=O)c1cc(-c2cccc(NC(=O)c3cccnc3Cl)c2)n(-c2cccc(F)c2)n1. The van der Waals surface area contributed by atoms with Crippen LogP contribution in [-0.2, 0) is 4.74 Å². The Bertz CT molecular complexity index is 1340. The molecule has 0 saturated carbocycles. The number of nitrogens with one attached hydrogen (secondary N) is 1. The van der Waals surface area contributed by atoms with Gasteiger partial charge in [0, 0.05) is 17.4 Å². The summed E-state index contributed by atoms with van der Waals surface area (Å²) in [6.45, 7) is 1.89. The molecule has 0 radical (unpaired) electrons. The van der Waals surface area contributed by atoms with E-state index in [-0.39, 0.29) is 23.0 Å². The van der Waals surface area contributed by atoms with Crippen molar-refractivity contribution in [2.75, 3.05) is 11.9 Å². The molecule has 4 rings (SSSR count). The van der Waals surface area contributed by atoms with Gasteiger partial charge in [-0.25, -0.2) is 18.9 Å². The van der Waals surface area contributed by atoms with E-state index in [1.807, 2.05) is 0 Å². The summed E-state index contributed by atoms with van der Waals surface area (Å²) in [6, 6.07) is 17.5. The topological polar surface area (TPSA) is 86.1 Å². The van der Waals surface area contributed by atoms with Gasteiger partial charge in [-0.05, 0) is 55.5 Å². The van der Waals surface area contributed by atoms with Crippen LogP contribution in [0.1, 0.15) is 27.8 Å². The number of amides is 1. The fraction of sp³-hybridized carbons (Fsp3) is 0.0833. The summed E-state index contributed by atoms with van der Waals surface area (Å²) in [5.41, 5.74) is 2.38. The van der Waals surface area contributed by atoms with E-state index in [2.05, 4.69) is 15.4 Å². The van der Waals surface area contributed by atoms with E-state index < -0.39 is 17.7 Å². The number of ether oxygens (including phenoxy) is 1. The Hall–Kier alpha value is -4.04. The number of nitrogens with zero attached hydrogens (tertiary/aromatic N) is 3. The maximum absolute atomic E-state index is 13.9. The summed E-state index contributed by atoms with van der Waals surface area (Å²) in [4.78, 5) is 28.8. The third-order valence-corrected chi connectivity index (χ3v) is 4.97. The van der Waals surface area contributed by atoms with Gasteiger partial charge in [-0.15, -0.1) is 0 Å². The van der Waals surface area contributed by atoms with Gasteiger partial charge in [0.1, 0.15) is 11.0 Å². The third-order valence-electron chi connectivity index (χ3n) is 4.67. The van der Waals surface area contributed by atoms with Gasteiger partial charge in [0.2, 0.25) is 0 Å². The number of esters is 1. The number of hydrogen-bond acceptors (Lipinski definition) is 5. The lowest BCUT2D eigenvalue weighted by atomic mass is 10.1. The van der Waals surface area contributed by atoms with Crippen molar-refractivity contribution in [1.29, 1.82) is 0 Å². The molecular weight excluding hydrogens is 447 g/mol. The molecule has 7 nitrogen and oxygen atoms in total. The highest BCUT2D eigenvalue weighted by Gasteiger charge is 2.19. The molecule has 1 N–H and O–H groups in total. The van der Waals surface area contributed by atoms with Crippen molar-refractivity contribution < 1.29 is 18.7 Å². The van der Waals surface area contributed by atoms with Crippen molar-refractivity contribution in [3.05, 3.63) is 95.2 Å². The van der Waals surface area contributed by atoms with E-state index in [0.717, 1.165) is 0 Å². The average molecular weight is 465 g/mol. The van der Waals surface area contributed by atoms with Gasteiger partial charge in [0.25, 0.3) is 5.91 Å². The van der Waals surface area contributed by atoms with Crippen LogP contribution in [0.2, 0.25) is 5.15 Å². The Morgan fingerprint density at radius 3 is 2.67 bits per heavy atom. The highest BCUT2D eigenvalue weighted by molar-refractivity contribution is 6.33. The van der Waals surface area contributed by atoms with Gasteiger partial charge in [-0.1, -0.05) is 29.8 Å². The zero-order valence-electron chi connectivity index (χ0n) is 17.5. The Labute approximate surface area is 193 Å². The maximum atomic E-state index is 13.9. The first-order valence-corrected chi connectivity index (χ1v) is 10.4. The normalized spacial score (nSPS) is 10.6. The zero-order chi connectivity index (χ0) is 23.4. The van der Waals surface area contributed by atoms with E-state index in [4.69, 9.17) is 16.3 Å². The van der Waals surface area contributed by atoms with Gasteiger partial charge in [0.05, 0.1) is 23.6 Å². The second-order valence-corrected chi connectivity index (χ2v) is 7.26. The Balaban J connectivity index is 1.73. The smallest absolute Gasteiger partial charge is 0.358 e. The summed E-state index contributed by atoms with van der Waals surface area (Å²) in [5, 5.41) is 7.20. The summed E-state index contributed by atoms with van der Waals surface area (Å²) >= 11 is 6.01. The van der Waals surface area contributed by atoms with Crippen LogP contribution in [0.15, 0.2) is 72.9 Å². The Morgan fingerprint density at radius 2 is 1.91 bits per heavy atom. The average Bonchev–Trinajstić information content (AvgIpc) is 3.25. The van der Waals surface area contributed by atoms with Crippen LogP contribution >= 0.6 is 11.6 Å². The minimum Gasteiger partial charge on any atom is -0.461 e. The van der Waals surface area contributed by atoms with Gasteiger partial charge in [0.15, 0.2) is 5.69 Å². The molecule has 9 heteroatoms. The molecule has 4 aromatic rings. The van der Waals surface area contributed by atoms with E-state index in [1.54, 1.807) is 61.5 Å². The molecular formula is C24H18ClFN4O3. The molecule has 2 aromatic carbocycles. The van der Waals surface area contributed by atoms with Gasteiger partial charge >= 0.3 is 5.97 Å². The zero-order valence-corrected chi connectivity index (χ0v) is 18.2. The number of carbonyl (C=O) groups excluding carboxylic acids is 2. The molecule has 166 valence electrons. The number of carbonyl (C=O) groups is 2. The number of anilines is 1. The van der Waals surface area contributed by atoms with E-state index in [9.17, 15) is 14.0 Å². The highest BCUT2D eigenvalue weighted by Crippen LogP contribution is 2.27. The largest absolute Gasteiger partial charge is 0.461 e. The number of hydrogen-bond donors (Lipinski definition) is 1. The van der Waals surface area contributed by atoms with E-state index >= 15 is 0 Å². The molecule has 2 heterocycles. The molecule has 0 atom stereocenters. The third kappa shape index (κ3) is 4.91. The van der Waals surface area contributed by atoms with Crippen LogP contribution in [0.4, 0.5) is 10.1 Å². The molecule has 2 aromatic heterocycles. The lowest BCUT2D eigenvalue weighted by Crippen LogP contribution is -2.13. The number of rotatable bonds is 6. The molecule has 0 saturated heterocycles. The molecule has 0 unspecified atom stereocenters. The van der Waals surface area contributed by atoms with E-state index in [0.29, 0.717) is 22.6 Å². The Kier molecular flexibility index (Phi) is 6.46. The number of benzene rings is 2. The van der Waals surface area contributed by atoms with E-state index in [1.165, 1.54) is 23.0 Å². The van der Waals surface area contributed by atoms with Crippen molar-refractivity contribution in [3.63, 3.8) is 0 Å². The second kappa shape index (κ2) is 9.62. The molecule has 33 heavy (non-hydrogen) atoms. The van der Waals surface area contributed by atoms with Crippen LogP contribution in [0.5, 0.6) is 0 Å². The second-order valence-electron chi connectivity index (χ2n) is 6.90. The van der Waals surface area contributed by atoms with Crippen molar-refractivity contribution in [2.24, 2.45) is 0 Å². The quantitative estimate of drug-likeness (QED) is 0.315. The molecule has 0 bridgehead atoms. The van der Waals surface area contributed by atoms with Crippen molar-refractivity contribution in [3.8, 4) is 16.9 Å². The number of aromatic nitrogens is 3. The van der Waals surface area contributed by atoms with Gasteiger partial charge in [-0.2, -0.15) is 5.10 Å². The molecule has 0 aliphatic heterocycles. The monoisotopic (exact) mass is 464 g/mol. The lowest BCUT2D eigenvalue weighted by Gasteiger charge is -2.10. The fourth-order valence-corrected chi connectivity index (χ4v) is 3.41. The van der Waals surface area contributed by atoms with Crippen LogP contribution in [0.3, 0.4) is 0 Å². The molecule has 1 amide bonds. The fourth-order valence-electron chi connectivity index (χ4n) is 3.21. The number of pyridine rings is 1. The van der Waals surface area contributed by atoms with Crippen LogP contribution < -0.4 is 5.32 Å². The van der Waals surface area contributed by atoms with Crippen LogP contribution in [-0.4, -0.2) is 33.2 Å². The van der Waals surface area contributed by atoms with Crippen molar-refractivity contribution in [1.82, 2.24) is 14.8 Å². The summed E-state index contributed by atoms with van der Waals surface area (Å²) in [7, 11) is 0. The molecule has 0 fully saturated rings. The minimum absolute atomic E-state index is 0.0766. The highest BCUT2D eigenvalue weighted by atomic mass is 35.5. The molecule has 0 aliphatic rings. The molecule has 0 aliphatic carbocycles. The maximum Gasteiger partial charge on any atom is 0.358 e. The van der Waals surface area contributed by atoms with Gasteiger partial charge < -0.3 is 10.1 Å². The Morgan fingerprint density at radius 1 is 1.09 bits per heavy atom. The standard InChI is InChI=1S/C24H18ClFN4O3/c1-2-33-24(32)20-14-21(30(29-20)18-9-4-7-16(26)13-18)15-6-3-8-17(12-15)28-23(31)19-10-5-11-27-22(19)25/h3-14H,2H2,1H3,(H,28,31). The van der Waals surface area contributed by atoms with Crippen LogP contribution in [0, 0.1) is 5.82 Å². The first kappa shape index (κ1) is 22.2. The molecule has 0 spiro atoms. The predicted molar refractivity (Wildman–Crippen MR) is 122 cm³/mol. The summed E-state index contributed by atoms with van der Waals surface area (Å²) < 4.78 is 20.4. The first-order chi connectivity index (χ1) is 16.0. The first-order valence-electron chi connectivity index (χ1n) is 10.0. The number of halogens is 2. The van der Waals surface area contributed by atoms with Crippen molar-refractivity contribution >= 4 is 29.2 Å². The summed E-state index contributed by atoms with van der Waals surface area (Å²) in [5.74, 6) is -1.46. The lowest BCUT2D eigenvalue weighted by molar-refractivity contribution is 0.0519.